The molecule has 0 radical (unpaired) electrons. The minimum Gasteiger partial charge on any atom is -0.480 e. The van der Waals surface area contributed by atoms with Crippen molar-refractivity contribution in [3.63, 3.8) is 0 Å². The first-order chi connectivity index (χ1) is 9.04. The smallest absolute Gasteiger partial charge is 0.317 e. The molecule has 5 nitrogen and oxygen atoms in total. The van der Waals surface area contributed by atoms with E-state index in [1.807, 2.05) is 11.8 Å². The second-order valence-electron chi connectivity index (χ2n) is 5.05. The molecule has 2 rings (SSSR count). The quantitative estimate of drug-likeness (QED) is 0.904. The molecule has 0 aliphatic carbocycles. The van der Waals surface area contributed by atoms with E-state index in [1.54, 1.807) is 11.3 Å². The Bertz CT molecular complexity index is 428. The lowest BCUT2D eigenvalue weighted by Crippen LogP contribution is -2.34. The van der Waals surface area contributed by atoms with Crippen LogP contribution in [0.5, 0.6) is 0 Å². The summed E-state index contributed by atoms with van der Waals surface area (Å²) in [5.74, 6) is -0.736. The van der Waals surface area contributed by atoms with Crippen LogP contribution >= 0.6 is 11.3 Å². The van der Waals surface area contributed by atoms with E-state index in [-0.39, 0.29) is 6.54 Å². The van der Waals surface area contributed by atoms with Crippen LogP contribution in [0, 0.1) is 13.8 Å². The zero-order valence-electron chi connectivity index (χ0n) is 11.6. The maximum absolute atomic E-state index is 10.7. The standard InChI is InChI=1S/C13H21N3O2S/c1-10-11(2)19-12(14-10)8-15-4-3-5-16(7-6-15)9-13(17)18/h3-9H2,1-2H3,(H,17,18). The Morgan fingerprint density at radius 2 is 1.95 bits per heavy atom. The number of aliphatic carboxylic acids is 1. The van der Waals surface area contributed by atoms with E-state index >= 15 is 0 Å². The number of nitrogens with zero attached hydrogens (tertiary/aromatic N) is 3. The van der Waals surface area contributed by atoms with Crippen LogP contribution in [0.2, 0.25) is 0 Å². The third kappa shape index (κ3) is 4.26. The number of hydrogen-bond donors (Lipinski definition) is 1. The average molecular weight is 283 g/mol. The summed E-state index contributed by atoms with van der Waals surface area (Å²) in [5, 5.41) is 10.00. The highest BCUT2D eigenvalue weighted by Gasteiger charge is 2.17. The fourth-order valence-corrected chi connectivity index (χ4v) is 3.31. The summed E-state index contributed by atoms with van der Waals surface area (Å²) in [7, 11) is 0. The van der Waals surface area contributed by atoms with E-state index in [1.165, 1.54) is 9.88 Å². The third-order valence-corrected chi connectivity index (χ3v) is 4.53. The Morgan fingerprint density at radius 3 is 2.58 bits per heavy atom. The van der Waals surface area contributed by atoms with Gasteiger partial charge in [0.1, 0.15) is 5.01 Å². The highest BCUT2D eigenvalue weighted by molar-refractivity contribution is 7.11. The molecule has 0 aromatic carbocycles. The second kappa shape index (κ2) is 6.45. The molecule has 0 spiro atoms. The first-order valence-electron chi connectivity index (χ1n) is 6.64. The van der Waals surface area contributed by atoms with Crippen LogP contribution in [-0.2, 0) is 11.3 Å². The maximum atomic E-state index is 10.7. The van der Waals surface area contributed by atoms with Crippen LogP contribution in [0.4, 0.5) is 0 Å². The molecule has 1 aliphatic heterocycles. The van der Waals surface area contributed by atoms with E-state index in [4.69, 9.17) is 5.11 Å². The van der Waals surface area contributed by atoms with Crippen molar-refractivity contribution < 1.29 is 9.90 Å². The Balaban J connectivity index is 1.87. The second-order valence-corrected chi connectivity index (χ2v) is 6.34. The summed E-state index contributed by atoms with van der Waals surface area (Å²) >= 11 is 1.77. The van der Waals surface area contributed by atoms with Gasteiger partial charge >= 0.3 is 5.97 Å². The van der Waals surface area contributed by atoms with Crippen LogP contribution in [0.3, 0.4) is 0 Å². The lowest BCUT2D eigenvalue weighted by molar-refractivity contribution is -0.138. The van der Waals surface area contributed by atoms with Crippen molar-refractivity contribution in [3.05, 3.63) is 15.6 Å². The number of rotatable bonds is 4. The molecule has 106 valence electrons. The van der Waals surface area contributed by atoms with E-state index in [9.17, 15) is 4.79 Å². The number of carbonyl (C=O) groups is 1. The van der Waals surface area contributed by atoms with Gasteiger partial charge in [-0.25, -0.2) is 4.98 Å². The van der Waals surface area contributed by atoms with Gasteiger partial charge < -0.3 is 5.11 Å². The lowest BCUT2D eigenvalue weighted by atomic mass is 10.4. The molecule has 1 aliphatic rings. The number of carboxylic acids is 1. The molecule has 1 N–H and O–H groups in total. The largest absolute Gasteiger partial charge is 0.480 e. The highest BCUT2D eigenvalue weighted by atomic mass is 32.1. The van der Waals surface area contributed by atoms with E-state index in [0.717, 1.165) is 44.8 Å². The van der Waals surface area contributed by atoms with E-state index < -0.39 is 5.97 Å². The number of aryl methyl sites for hydroxylation is 2. The first kappa shape index (κ1) is 14.4. The summed E-state index contributed by atoms with van der Waals surface area (Å²) < 4.78 is 0. The van der Waals surface area contributed by atoms with Crippen LogP contribution in [-0.4, -0.2) is 58.6 Å². The minimum atomic E-state index is -0.736. The molecule has 6 heteroatoms. The summed E-state index contributed by atoms with van der Waals surface area (Å²) in [6.45, 7) is 8.84. The summed E-state index contributed by atoms with van der Waals surface area (Å²) in [6.07, 6.45) is 1.02. The predicted octanol–water partition coefficient (Wildman–Crippen LogP) is 1.35. The summed E-state index contributed by atoms with van der Waals surface area (Å²) in [4.78, 5) is 21.0. The van der Waals surface area contributed by atoms with Gasteiger partial charge in [0.25, 0.3) is 0 Å². The van der Waals surface area contributed by atoms with Crippen LogP contribution in [0.25, 0.3) is 0 Å². The van der Waals surface area contributed by atoms with Gasteiger partial charge in [-0.3, -0.25) is 14.6 Å². The molecule has 2 heterocycles. The molecule has 1 saturated heterocycles. The van der Waals surface area contributed by atoms with Gasteiger partial charge in [0.05, 0.1) is 18.8 Å². The number of thiazole rings is 1. The molecular weight excluding hydrogens is 262 g/mol. The Kier molecular flexibility index (Phi) is 4.90. The van der Waals surface area contributed by atoms with Gasteiger partial charge in [-0.15, -0.1) is 11.3 Å². The summed E-state index contributed by atoms with van der Waals surface area (Å²) in [6, 6.07) is 0. The zero-order chi connectivity index (χ0) is 13.8. The predicted molar refractivity (Wildman–Crippen MR) is 75.6 cm³/mol. The van der Waals surface area contributed by atoms with Gasteiger partial charge in [-0.05, 0) is 26.8 Å². The lowest BCUT2D eigenvalue weighted by Gasteiger charge is -2.19. The SMILES string of the molecule is Cc1nc(CN2CCCN(CC(=O)O)CC2)sc1C. The molecule has 0 amide bonds. The molecular formula is C13H21N3O2S. The fraction of sp³-hybridized carbons (Fsp3) is 0.692. The number of aromatic nitrogens is 1. The van der Waals surface area contributed by atoms with Crippen molar-refractivity contribution in [2.75, 3.05) is 32.7 Å². The molecule has 0 unspecified atom stereocenters. The van der Waals surface area contributed by atoms with Crippen molar-refractivity contribution >= 4 is 17.3 Å². The van der Waals surface area contributed by atoms with Crippen molar-refractivity contribution in [3.8, 4) is 0 Å². The van der Waals surface area contributed by atoms with E-state index in [2.05, 4.69) is 16.8 Å². The number of carboxylic acid groups (broad SMARTS) is 1. The Hall–Kier alpha value is -0.980. The van der Waals surface area contributed by atoms with Crippen molar-refractivity contribution in [2.24, 2.45) is 0 Å². The Labute approximate surface area is 117 Å². The van der Waals surface area contributed by atoms with Crippen molar-refractivity contribution in [1.29, 1.82) is 0 Å². The fourth-order valence-electron chi connectivity index (χ4n) is 2.33. The van der Waals surface area contributed by atoms with Gasteiger partial charge in [-0.1, -0.05) is 0 Å². The maximum Gasteiger partial charge on any atom is 0.317 e. The highest BCUT2D eigenvalue weighted by Crippen LogP contribution is 2.18. The van der Waals surface area contributed by atoms with Gasteiger partial charge in [0, 0.05) is 24.5 Å². The Morgan fingerprint density at radius 1 is 1.26 bits per heavy atom. The van der Waals surface area contributed by atoms with Crippen LogP contribution in [0.1, 0.15) is 22.0 Å². The molecule has 0 atom stereocenters. The zero-order valence-corrected chi connectivity index (χ0v) is 12.4. The van der Waals surface area contributed by atoms with Crippen LogP contribution < -0.4 is 0 Å². The van der Waals surface area contributed by atoms with Gasteiger partial charge in [0.15, 0.2) is 0 Å². The molecule has 1 aromatic heterocycles. The van der Waals surface area contributed by atoms with Crippen molar-refractivity contribution in [1.82, 2.24) is 14.8 Å². The first-order valence-corrected chi connectivity index (χ1v) is 7.45. The molecule has 0 bridgehead atoms. The molecule has 1 fully saturated rings. The normalized spacial score (nSPS) is 18.4. The van der Waals surface area contributed by atoms with Gasteiger partial charge in [-0.2, -0.15) is 0 Å². The molecule has 1 aromatic rings. The summed E-state index contributed by atoms with van der Waals surface area (Å²) in [5.41, 5.74) is 1.13. The topological polar surface area (TPSA) is 56.7 Å². The van der Waals surface area contributed by atoms with Crippen LogP contribution in [0.15, 0.2) is 0 Å². The minimum absolute atomic E-state index is 0.156. The average Bonchev–Trinajstić information content (AvgIpc) is 2.51. The van der Waals surface area contributed by atoms with Gasteiger partial charge in [0.2, 0.25) is 0 Å². The molecule has 0 saturated carbocycles. The van der Waals surface area contributed by atoms with E-state index in [0.29, 0.717) is 0 Å². The monoisotopic (exact) mass is 283 g/mol. The van der Waals surface area contributed by atoms with Crippen molar-refractivity contribution in [2.45, 2.75) is 26.8 Å². The number of hydrogen-bond acceptors (Lipinski definition) is 5. The molecule has 19 heavy (non-hydrogen) atoms. The third-order valence-electron chi connectivity index (χ3n) is 3.47.